The molecule has 32 heavy (non-hydrogen) atoms. The summed E-state index contributed by atoms with van der Waals surface area (Å²) in [4.78, 5) is 14.3. The van der Waals surface area contributed by atoms with E-state index in [1.54, 1.807) is 6.07 Å². The predicted molar refractivity (Wildman–Crippen MR) is 124 cm³/mol. The SMILES string of the molecule is CCOCCCNCC1(O)CN(C(=O)c2ccc(F)c(F)c2Nc2ccc(I)cc2F)C1. The summed E-state index contributed by atoms with van der Waals surface area (Å²) in [6.45, 7) is 4.23. The third-order valence-electron chi connectivity index (χ3n) is 5.07. The van der Waals surface area contributed by atoms with Crippen LogP contribution in [0.4, 0.5) is 24.5 Å². The Kier molecular flexibility index (Phi) is 8.37. The van der Waals surface area contributed by atoms with Crippen LogP contribution < -0.4 is 10.6 Å². The van der Waals surface area contributed by atoms with Gasteiger partial charge in [-0.1, -0.05) is 0 Å². The van der Waals surface area contributed by atoms with E-state index in [9.17, 15) is 23.1 Å². The number of aliphatic hydroxyl groups is 1. The Bertz CT molecular complexity index is 971. The van der Waals surface area contributed by atoms with Crippen molar-refractivity contribution < 1.29 is 27.8 Å². The highest BCUT2D eigenvalue weighted by Crippen LogP contribution is 2.31. The van der Waals surface area contributed by atoms with E-state index >= 15 is 0 Å². The van der Waals surface area contributed by atoms with Crippen molar-refractivity contribution in [1.29, 1.82) is 0 Å². The van der Waals surface area contributed by atoms with Crippen LogP contribution in [0.3, 0.4) is 0 Å². The molecule has 2 aromatic rings. The van der Waals surface area contributed by atoms with Gasteiger partial charge in [0.2, 0.25) is 0 Å². The van der Waals surface area contributed by atoms with Gasteiger partial charge in [-0.2, -0.15) is 0 Å². The number of anilines is 2. The fourth-order valence-electron chi connectivity index (χ4n) is 3.43. The van der Waals surface area contributed by atoms with Crippen molar-refractivity contribution in [2.75, 3.05) is 44.7 Å². The third-order valence-corrected chi connectivity index (χ3v) is 5.75. The van der Waals surface area contributed by atoms with Crippen molar-refractivity contribution in [1.82, 2.24) is 10.2 Å². The lowest BCUT2D eigenvalue weighted by molar-refractivity contribution is -0.0785. The minimum absolute atomic E-state index is 0.0423. The van der Waals surface area contributed by atoms with Gasteiger partial charge in [-0.3, -0.25) is 4.79 Å². The largest absolute Gasteiger partial charge is 0.385 e. The monoisotopic (exact) mass is 563 g/mol. The number of β-amino-alcohol motifs (C(OH)–C–C–N with tert-alkyl or cyclic N) is 1. The van der Waals surface area contributed by atoms with Crippen molar-refractivity contribution in [3.8, 4) is 0 Å². The van der Waals surface area contributed by atoms with Crippen LogP contribution in [0.2, 0.25) is 0 Å². The Morgan fingerprint density at radius 3 is 2.66 bits per heavy atom. The molecule has 6 nitrogen and oxygen atoms in total. The van der Waals surface area contributed by atoms with E-state index in [0.29, 0.717) is 29.9 Å². The number of nitrogens with zero attached hydrogens (tertiary/aromatic N) is 1. The molecule has 0 atom stereocenters. The van der Waals surface area contributed by atoms with E-state index in [1.165, 1.54) is 17.0 Å². The number of amides is 1. The van der Waals surface area contributed by atoms with E-state index in [-0.39, 0.29) is 24.3 Å². The molecule has 1 amide bonds. The summed E-state index contributed by atoms with van der Waals surface area (Å²) < 4.78 is 48.5. The molecule has 0 aliphatic carbocycles. The van der Waals surface area contributed by atoms with Gasteiger partial charge in [0.1, 0.15) is 11.4 Å². The van der Waals surface area contributed by atoms with Gasteiger partial charge in [-0.15, -0.1) is 0 Å². The number of carbonyl (C=O) groups excluding carboxylic acids is 1. The van der Waals surface area contributed by atoms with E-state index in [0.717, 1.165) is 18.6 Å². The molecule has 1 heterocycles. The Hall–Kier alpha value is -1.89. The Morgan fingerprint density at radius 2 is 1.97 bits per heavy atom. The van der Waals surface area contributed by atoms with Crippen LogP contribution in [0.15, 0.2) is 30.3 Å². The Morgan fingerprint density at radius 1 is 1.22 bits per heavy atom. The number of nitrogens with one attached hydrogen (secondary N) is 2. The van der Waals surface area contributed by atoms with Crippen molar-refractivity contribution in [2.45, 2.75) is 18.9 Å². The van der Waals surface area contributed by atoms with Gasteiger partial charge in [0.05, 0.1) is 30.0 Å². The highest BCUT2D eigenvalue weighted by molar-refractivity contribution is 14.1. The first-order chi connectivity index (χ1) is 15.2. The third kappa shape index (κ3) is 5.91. The van der Waals surface area contributed by atoms with Crippen LogP contribution in [0.25, 0.3) is 0 Å². The van der Waals surface area contributed by atoms with E-state index < -0.39 is 34.6 Å². The molecule has 0 unspecified atom stereocenters. The molecular formula is C22H25F3IN3O3. The van der Waals surface area contributed by atoms with Crippen LogP contribution in [0.5, 0.6) is 0 Å². The number of benzene rings is 2. The summed E-state index contributed by atoms with van der Waals surface area (Å²) in [5.41, 5.74) is -1.77. The van der Waals surface area contributed by atoms with Crippen LogP contribution in [-0.2, 0) is 4.74 Å². The number of rotatable bonds is 10. The molecule has 2 aromatic carbocycles. The van der Waals surface area contributed by atoms with Gasteiger partial charge in [0.15, 0.2) is 11.6 Å². The second-order valence-corrected chi connectivity index (χ2v) is 8.89. The molecule has 1 aliphatic heterocycles. The minimum atomic E-state index is -1.28. The van der Waals surface area contributed by atoms with E-state index in [4.69, 9.17) is 4.74 Å². The molecule has 3 N–H and O–H groups in total. The second kappa shape index (κ2) is 10.8. The average Bonchev–Trinajstić information content (AvgIpc) is 2.73. The number of ether oxygens (including phenoxy) is 1. The maximum atomic E-state index is 14.5. The molecule has 1 fully saturated rings. The average molecular weight is 563 g/mol. The molecule has 0 spiro atoms. The minimum Gasteiger partial charge on any atom is -0.385 e. The van der Waals surface area contributed by atoms with Crippen molar-refractivity contribution in [3.63, 3.8) is 0 Å². The van der Waals surface area contributed by atoms with Crippen LogP contribution in [0, 0.1) is 21.0 Å². The summed E-state index contributed by atoms with van der Waals surface area (Å²) in [5.74, 6) is -3.68. The zero-order valence-corrected chi connectivity index (χ0v) is 19.7. The summed E-state index contributed by atoms with van der Waals surface area (Å²) in [6.07, 6.45) is 0.797. The first-order valence-corrected chi connectivity index (χ1v) is 11.3. The zero-order chi connectivity index (χ0) is 23.3. The van der Waals surface area contributed by atoms with Gasteiger partial charge in [0.25, 0.3) is 5.91 Å². The fraction of sp³-hybridized carbons (Fsp3) is 0.409. The lowest BCUT2D eigenvalue weighted by Gasteiger charge is -2.46. The number of carbonyl (C=O) groups is 1. The first-order valence-electron chi connectivity index (χ1n) is 10.2. The van der Waals surface area contributed by atoms with Crippen molar-refractivity contribution in [2.24, 2.45) is 0 Å². The Balaban J connectivity index is 1.67. The molecule has 0 aromatic heterocycles. The number of hydrogen-bond acceptors (Lipinski definition) is 5. The Labute approximate surface area is 198 Å². The number of hydrogen-bond donors (Lipinski definition) is 3. The van der Waals surface area contributed by atoms with Gasteiger partial charge < -0.3 is 25.4 Å². The summed E-state index contributed by atoms with van der Waals surface area (Å²) in [7, 11) is 0. The lowest BCUT2D eigenvalue weighted by Crippen LogP contribution is -2.67. The molecule has 1 aliphatic rings. The first kappa shape index (κ1) is 24.7. The molecule has 10 heteroatoms. The predicted octanol–water partition coefficient (Wildman–Crippen LogP) is 3.66. The van der Waals surface area contributed by atoms with E-state index in [1.807, 2.05) is 29.5 Å². The quantitative estimate of drug-likeness (QED) is 0.304. The maximum Gasteiger partial charge on any atom is 0.256 e. The molecule has 0 saturated carbocycles. The number of halogens is 4. The topological polar surface area (TPSA) is 73.8 Å². The van der Waals surface area contributed by atoms with Crippen LogP contribution in [-0.4, -0.2) is 60.9 Å². The molecular weight excluding hydrogens is 538 g/mol. The molecule has 3 rings (SSSR count). The maximum absolute atomic E-state index is 14.5. The standard InChI is InChI=1S/C22H25F3IN3O3/c1-2-32-9-3-8-27-11-22(31)12-29(13-22)21(30)15-5-6-16(23)19(25)20(15)28-18-7-4-14(26)10-17(18)24/h4-7,10,27-28,31H,2-3,8-9,11-13H2,1H3. The molecule has 174 valence electrons. The fourth-order valence-corrected chi connectivity index (χ4v) is 3.88. The lowest BCUT2D eigenvalue weighted by atomic mass is 9.92. The van der Waals surface area contributed by atoms with Crippen molar-refractivity contribution in [3.05, 3.63) is 56.9 Å². The molecule has 0 radical (unpaired) electrons. The molecule has 0 bridgehead atoms. The van der Waals surface area contributed by atoms with Gasteiger partial charge in [0, 0.05) is 23.3 Å². The summed E-state index contributed by atoms with van der Waals surface area (Å²) >= 11 is 1.93. The van der Waals surface area contributed by atoms with Crippen LogP contribution in [0.1, 0.15) is 23.7 Å². The van der Waals surface area contributed by atoms with Crippen LogP contribution >= 0.6 is 22.6 Å². The van der Waals surface area contributed by atoms with Crippen molar-refractivity contribution >= 4 is 39.9 Å². The zero-order valence-electron chi connectivity index (χ0n) is 17.6. The number of likely N-dealkylation sites (tertiary alicyclic amines) is 1. The highest BCUT2D eigenvalue weighted by atomic mass is 127. The summed E-state index contributed by atoms with van der Waals surface area (Å²) in [5, 5.41) is 16.2. The van der Waals surface area contributed by atoms with Gasteiger partial charge in [-0.25, -0.2) is 13.2 Å². The smallest absolute Gasteiger partial charge is 0.256 e. The van der Waals surface area contributed by atoms with Gasteiger partial charge in [-0.05, 0) is 72.8 Å². The highest BCUT2D eigenvalue weighted by Gasteiger charge is 2.44. The summed E-state index contributed by atoms with van der Waals surface area (Å²) in [6, 6.07) is 6.22. The van der Waals surface area contributed by atoms with E-state index in [2.05, 4.69) is 10.6 Å². The van der Waals surface area contributed by atoms with Gasteiger partial charge >= 0.3 is 0 Å². The normalized spacial score (nSPS) is 14.9. The second-order valence-electron chi connectivity index (χ2n) is 7.65. The molecule has 1 saturated heterocycles.